The normalized spacial score (nSPS) is 20.6. The predicted octanol–water partition coefficient (Wildman–Crippen LogP) is 3.49. The molecule has 5 nitrogen and oxygen atoms in total. The van der Waals surface area contributed by atoms with Crippen molar-refractivity contribution >= 4 is 28.6 Å². The van der Waals surface area contributed by atoms with Crippen molar-refractivity contribution in [3.63, 3.8) is 0 Å². The molecule has 1 amide bonds. The van der Waals surface area contributed by atoms with Crippen LogP contribution in [0.25, 0.3) is 10.9 Å². The summed E-state index contributed by atoms with van der Waals surface area (Å²) in [6, 6.07) is 14.0. The fraction of sp³-hybridized carbons (Fsp3) is 0.364. The summed E-state index contributed by atoms with van der Waals surface area (Å²) < 4.78 is 8.26. The van der Waals surface area contributed by atoms with E-state index in [9.17, 15) is 4.79 Å². The fourth-order valence-corrected chi connectivity index (χ4v) is 5.84. The number of hydrogen-bond donors (Lipinski definition) is 0. The first-order valence-electron chi connectivity index (χ1n) is 9.62. The van der Waals surface area contributed by atoms with Crippen LogP contribution in [0, 0.1) is 0 Å². The zero-order valence-electron chi connectivity index (χ0n) is 15.9. The molecule has 1 spiro atoms. The average Bonchev–Trinajstić information content (AvgIpc) is 3.28. The molecule has 6 heteroatoms. The molecule has 0 radical (unpaired) electrons. The topological polar surface area (TPSA) is 47.4 Å². The second kappa shape index (κ2) is 6.94. The number of carbonyl (C=O) groups excluding carboxylic acids is 1. The highest BCUT2D eigenvalue weighted by Gasteiger charge is 2.51. The van der Waals surface area contributed by atoms with E-state index in [2.05, 4.69) is 11.1 Å². The van der Waals surface area contributed by atoms with E-state index in [1.165, 1.54) is 0 Å². The zero-order chi connectivity index (χ0) is 19.1. The lowest BCUT2D eigenvalue weighted by molar-refractivity contribution is 0.0246. The maximum absolute atomic E-state index is 13.1. The maximum atomic E-state index is 13.1. The second-order valence-electron chi connectivity index (χ2n) is 7.78. The van der Waals surface area contributed by atoms with Crippen LogP contribution < -0.4 is 0 Å². The molecule has 5 rings (SSSR count). The third kappa shape index (κ3) is 3.10. The first kappa shape index (κ1) is 17.8. The van der Waals surface area contributed by atoms with Crippen molar-refractivity contribution in [1.82, 2.24) is 14.5 Å². The van der Waals surface area contributed by atoms with Crippen LogP contribution in [0.15, 0.2) is 54.9 Å². The van der Waals surface area contributed by atoms with E-state index in [-0.39, 0.29) is 16.8 Å². The molecule has 2 aliphatic heterocycles. The van der Waals surface area contributed by atoms with Gasteiger partial charge in [-0.1, -0.05) is 24.3 Å². The van der Waals surface area contributed by atoms with Gasteiger partial charge in [0.15, 0.2) is 0 Å². The molecule has 2 aliphatic rings. The Morgan fingerprint density at radius 3 is 2.89 bits per heavy atom. The van der Waals surface area contributed by atoms with Crippen molar-refractivity contribution in [2.24, 2.45) is 7.05 Å². The van der Waals surface area contributed by atoms with Gasteiger partial charge in [0.1, 0.15) is 0 Å². The SMILES string of the molecule is Cn1cc(C(=O)N2CC3(C[C@H](OCc4ccccn4)CS3)C2)c2ccccc21. The lowest BCUT2D eigenvalue weighted by Crippen LogP contribution is -2.60. The molecule has 2 fully saturated rings. The van der Waals surface area contributed by atoms with E-state index < -0.39 is 0 Å². The van der Waals surface area contributed by atoms with Gasteiger partial charge < -0.3 is 14.2 Å². The van der Waals surface area contributed by atoms with Crippen molar-refractivity contribution < 1.29 is 9.53 Å². The second-order valence-corrected chi connectivity index (χ2v) is 9.27. The number of aryl methyl sites for hydroxylation is 1. The highest BCUT2D eigenvalue weighted by molar-refractivity contribution is 8.01. The van der Waals surface area contributed by atoms with Crippen molar-refractivity contribution in [3.8, 4) is 0 Å². The highest BCUT2D eigenvalue weighted by Crippen LogP contribution is 2.46. The van der Waals surface area contributed by atoms with Gasteiger partial charge in [0.25, 0.3) is 5.91 Å². The van der Waals surface area contributed by atoms with Gasteiger partial charge in [-0.15, -0.1) is 11.8 Å². The van der Waals surface area contributed by atoms with Gasteiger partial charge in [0, 0.05) is 49.2 Å². The number of nitrogens with zero attached hydrogens (tertiary/aromatic N) is 3. The van der Waals surface area contributed by atoms with E-state index in [4.69, 9.17) is 4.74 Å². The Hall–Kier alpha value is -2.31. The molecule has 0 saturated carbocycles. The Morgan fingerprint density at radius 2 is 2.07 bits per heavy atom. The summed E-state index contributed by atoms with van der Waals surface area (Å²) in [5.74, 6) is 1.13. The van der Waals surface area contributed by atoms with Gasteiger partial charge in [-0.3, -0.25) is 9.78 Å². The van der Waals surface area contributed by atoms with Crippen LogP contribution in [-0.4, -0.2) is 50.1 Å². The molecule has 1 aromatic carbocycles. The Bertz CT molecular complexity index is 1010. The van der Waals surface area contributed by atoms with Crippen LogP contribution in [0.2, 0.25) is 0 Å². The summed E-state index contributed by atoms with van der Waals surface area (Å²) in [4.78, 5) is 19.4. The minimum absolute atomic E-state index is 0.140. The molecule has 3 aromatic rings. The molecule has 0 bridgehead atoms. The first-order valence-corrected chi connectivity index (χ1v) is 10.6. The number of amides is 1. The molecule has 0 unspecified atom stereocenters. The van der Waals surface area contributed by atoms with Crippen molar-refractivity contribution in [3.05, 3.63) is 66.1 Å². The van der Waals surface area contributed by atoms with Gasteiger partial charge in [0.2, 0.25) is 0 Å². The Balaban J connectivity index is 1.21. The number of carbonyl (C=O) groups is 1. The van der Waals surface area contributed by atoms with E-state index >= 15 is 0 Å². The third-order valence-electron chi connectivity index (χ3n) is 5.74. The molecule has 4 heterocycles. The van der Waals surface area contributed by atoms with Crippen LogP contribution in [0.4, 0.5) is 0 Å². The summed E-state index contributed by atoms with van der Waals surface area (Å²) in [5, 5.41) is 1.03. The lowest BCUT2D eigenvalue weighted by Gasteiger charge is -2.47. The van der Waals surface area contributed by atoms with E-state index in [1.807, 2.05) is 70.9 Å². The predicted molar refractivity (Wildman–Crippen MR) is 111 cm³/mol. The summed E-state index contributed by atoms with van der Waals surface area (Å²) in [6.45, 7) is 2.17. The zero-order valence-corrected chi connectivity index (χ0v) is 16.7. The Labute approximate surface area is 168 Å². The van der Waals surface area contributed by atoms with Gasteiger partial charge in [0.05, 0.1) is 28.7 Å². The number of para-hydroxylation sites is 1. The lowest BCUT2D eigenvalue weighted by atomic mass is 9.92. The minimum Gasteiger partial charge on any atom is -0.371 e. The van der Waals surface area contributed by atoms with E-state index in [1.54, 1.807) is 6.20 Å². The van der Waals surface area contributed by atoms with Gasteiger partial charge >= 0.3 is 0 Å². The van der Waals surface area contributed by atoms with E-state index in [0.717, 1.165) is 47.4 Å². The van der Waals surface area contributed by atoms with Crippen molar-refractivity contribution in [2.45, 2.75) is 23.9 Å². The average molecular weight is 394 g/mol. The van der Waals surface area contributed by atoms with E-state index in [0.29, 0.717) is 6.61 Å². The molecule has 1 atom stereocenters. The molecule has 2 saturated heterocycles. The number of fused-ring (bicyclic) bond motifs is 1. The summed E-state index contributed by atoms with van der Waals surface area (Å²) in [7, 11) is 1.99. The van der Waals surface area contributed by atoms with Gasteiger partial charge in [-0.05, 0) is 24.6 Å². The van der Waals surface area contributed by atoms with Crippen LogP contribution in [-0.2, 0) is 18.4 Å². The number of ether oxygens (including phenoxy) is 1. The molecule has 0 N–H and O–H groups in total. The molecule has 28 heavy (non-hydrogen) atoms. The molecular weight excluding hydrogens is 370 g/mol. The quantitative estimate of drug-likeness (QED) is 0.681. The fourth-order valence-electron chi connectivity index (χ4n) is 4.29. The van der Waals surface area contributed by atoms with Gasteiger partial charge in [-0.25, -0.2) is 0 Å². The van der Waals surface area contributed by atoms with Crippen LogP contribution >= 0.6 is 11.8 Å². The Morgan fingerprint density at radius 1 is 1.25 bits per heavy atom. The number of aromatic nitrogens is 2. The van der Waals surface area contributed by atoms with Crippen LogP contribution in [0.5, 0.6) is 0 Å². The standard InChI is InChI=1S/C22H23N3O2S/c1-24-11-19(18-7-2-3-8-20(18)24)21(26)25-14-22(15-25)10-17(13-28-22)27-12-16-6-4-5-9-23-16/h2-9,11,17H,10,12-15H2,1H3/t17-/m0/s1. The number of pyridine rings is 1. The number of hydrogen-bond acceptors (Lipinski definition) is 4. The monoisotopic (exact) mass is 393 g/mol. The molecular formula is C22H23N3O2S. The number of rotatable bonds is 4. The maximum Gasteiger partial charge on any atom is 0.256 e. The summed E-state index contributed by atoms with van der Waals surface area (Å²) in [6.07, 6.45) is 5.00. The smallest absolute Gasteiger partial charge is 0.256 e. The third-order valence-corrected chi connectivity index (χ3v) is 7.32. The highest BCUT2D eigenvalue weighted by atomic mass is 32.2. The number of likely N-dealkylation sites (tertiary alicyclic amines) is 1. The summed E-state index contributed by atoms with van der Waals surface area (Å²) in [5.41, 5.74) is 2.87. The van der Waals surface area contributed by atoms with Crippen molar-refractivity contribution in [2.75, 3.05) is 18.8 Å². The first-order chi connectivity index (χ1) is 13.6. The van der Waals surface area contributed by atoms with Crippen LogP contribution in [0.3, 0.4) is 0 Å². The molecule has 2 aromatic heterocycles. The largest absolute Gasteiger partial charge is 0.371 e. The Kier molecular flexibility index (Phi) is 4.40. The van der Waals surface area contributed by atoms with Crippen LogP contribution in [0.1, 0.15) is 22.5 Å². The minimum atomic E-state index is 0.140. The number of thioether (sulfide) groups is 1. The number of benzene rings is 1. The summed E-state index contributed by atoms with van der Waals surface area (Å²) >= 11 is 1.96. The van der Waals surface area contributed by atoms with Crippen molar-refractivity contribution in [1.29, 1.82) is 0 Å². The van der Waals surface area contributed by atoms with Gasteiger partial charge in [-0.2, -0.15) is 0 Å². The molecule has 0 aliphatic carbocycles. The molecule has 144 valence electrons.